The topological polar surface area (TPSA) is 28.4 Å². The monoisotopic (exact) mass is 350 g/mol. The van der Waals surface area contributed by atoms with E-state index in [-0.39, 0.29) is 6.04 Å². The summed E-state index contributed by atoms with van der Waals surface area (Å²) in [5.41, 5.74) is 5.21. The number of aryl methyl sites for hydroxylation is 1. The smallest absolute Gasteiger partial charge is 0.105 e. The first-order chi connectivity index (χ1) is 12.2. The Hall–Kier alpha value is -2.17. The molecular weight excluding hydrogens is 328 g/mol. The van der Waals surface area contributed by atoms with Crippen molar-refractivity contribution in [1.29, 1.82) is 0 Å². The number of hydrogen-bond acceptors (Lipinski definition) is 4. The van der Waals surface area contributed by atoms with E-state index in [1.165, 1.54) is 27.3 Å². The van der Waals surface area contributed by atoms with Crippen LogP contribution >= 0.6 is 11.9 Å². The second-order valence-corrected chi connectivity index (χ2v) is 7.58. The van der Waals surface area contributed by atoms with Gasteiger partial charge in [-0.25, -0.2) is 0 Å². The van der Waals surface area contributed by atoms with Gasteiger partial charge < -0.3 is 14.0 Å². The van der Waals surface area contributed by atoms with Crippen LogP contribution in [0.1, 0.15) is 28.5 Å². The molecule has 1 N–H and O–H groups in total. The summed E-state index contributed by atoms with van der Waals surface area (Å²) < 4.78 is 7.73. The molecule has 1 atom stereocenters. The lowest BCUT2D eigenvalue weighted by Gasteiger charge is -2.22. The molecule has 0 saturated carbocycles. The van der Waals surface area contributed by atoms with Gasteiger partial charge in [0.15, 0.2) is 0 Å². The van der Waals surface area contributed by atoms with E-state index in [2.05, 4.69) is 66.1 Å². The number of furan rings is 1. The zero-order valence-corrected chi connectivity index (χ0v) is 15.3. The Labute approximate surface area is 153 Å². The predicted octanol–water partition coefficient (Wildman–Crippen LogP) is 4.97. The third kappa shape index (κ3) is 3.32. The minimum Gasteiger partial charge on any atom is -0.469 e. The molecule has 1 aromatic heterocycles. The van der Waals surface area contributed by atoms with E-state index in [9.17, 15) is 0 Å². The fourth-order valence-corrected chi connectivity index (χ4v) is 4.45. The lowest BCUT2D eigenvalue weighted by molar-refractivity contribution is 0.490. The van der Waals surface area contributed by atoms with Crippen molar-refractivity contribution in [2.24, 2.45) is 0 Å². The molecule has 4 heteroatoms. The Bertz CT molecular complexity index is 860. The van der Waals surface area contributed by atoms with Crippen molar-refractivity contribution in [3.63, 3.8) is 0 Å². The molecule has 1 aliphatic heterocycles. The van der Waals surface area contributed by atoms with E-state index >= 15 is 0 Å². The summed E-state index contributed by atoms with van der Waals surface area (Å²) in [5, 5.41) is 3.75. The van der Waals surface area contributed by atoms with Crippen LogP contribution in [0.15, 0.2) is 70.2 Å². The summed E-state index contributed by atoms with van der Waals surface area (Å²) in [6, 6.07) is 19.6. The second kappa shape index (κ2) is 6.98. The van der Waals surface area contributed by atoms with Gasteiger partial charge in [0.1, 0.15) is 5.76 Å². The number of para-hydroxylation sites is 1. The largest absolute Gasteiger partial charge is 0.469 e. The van der Waals surface area contributed by atoms with Gasteiger partial charge in [0.25, 0.3) is 0 Å². The van der Waals surface area contributed by atoms with Crippen LogP contribution in [0.25, 0.3) is 0 Å². The van der Waals surface area contributed by atoms with E-state index in [0.29, 0.717) is 0 Å². The summed E-state index contributed by atoms with van der Waals surface area (Å²) in [6.45, 7) is 3.02. The number of fused-ring (bicyclic) bond motifs is 2. The van der Waals surface area contributed by atoms with Gasteiger partial charge in [0.05, 0.1) is 18.0 Å². The minimum atomic E-state index is 0.180. The van der Waals surface area contributed by atoms with Crippen LogP contribution < -0.4 is 9.62 Å². The van der Waals surface area contributed by atoms with Gasteiger partial charge in [0.2, 0.25) is 0 Å². The molecule has 0 fully saturated rings. The molecule has 3 aromatic rings. The fourth-order valence-electron chi connectivity index (χ4n) is 3.36. The maximum Gasteiger partial charge on any atom is 0.105 e. The maximum atomic E-state index is 5.47. The van der Waals surface area contributed by atoms with Crippen molar-refractivity contribution < 1.29 is 4.42 Å². The Morgan fingerprint density at radius 3 is 2.80 bits per heavy atom. The maximum absolute atomic E-state index is 5.47. The molecule has 4 rings (SSSR count). The van der Waals surface area contributed by atoms with Crippen LogP contribution in [0.4, 0.5) is 5.69 Å². The predicted molar refractivity (Wildman–Crippen MR) is 104 cm³/mol. The molecule has 0 amide bonds. The third-order valence-corrected chi connectivity index (χ3v) is 5.62. The van der Waals surface area contributed by atoms with Gasteiger partial charge >= 0.3 is 0 Å². The van der Waals surface area contributed by atoms with Crippen LogP contribution in [-0.2, 0) is 6.42 Å². The SMILES string of the molecule is Cc1ccc2c(c1)SN(C)c1ccccc1C2NCCc1ccco1. The standard InChI is InChI=1S/C21H22N2OS/c1-15-9-10-18-20(14-15)25-23(2)19-8-4-3-7-17(19)21(18)22-12-11-16-6-5-13-24-16/h3-10,13-14,21-22H,11-12H2,1-2H3. The number of benzene rings is 2. The van der Waals surface area contributed by atoms with Crippen LogP contribution in [0.2, 0.25) is 0 Å². The van der Waals surface area contributed by atoms with Crippen LogP contribution in [0, 0.1) is 6.92 Å². The van der Waals surface area contributed by atoms with Crippen LogP contribution in [-0.4, -0.2) is 13.6 Å². The van der Waals surface area contributed by atoms with E-state index in [1.807, 2.05) is 12.1 Å². The zero-order valence-electron chi connectivity index (χ0n) is 14.5. The number of anilines is 1. The summed E-state index contributed by atoms with van der Waals surface area (Å²) in [7, 11) is 2.14. The van der Waals surface area contributed by atoms with Crippen molar-refractivity contribution in [2.75, 3.05) is 17.9 Å². The van der Waals surface area contributed by atoms with Crippen LogP contribution in [0.3, 0.4) is 0 Å². The first-order valence-corrected chi connectivity index (χ1v) is 9.36. The highest BCUT2D eigenvalue weighted by Crippen LogP contribution is 2.43. The first-order valence-electron chi connectivity index (χ1n) is 8.59. The number of nitrogens with one attached hydrogen (secondary N) is 1. The molecule has 0 radical (unpaired) electrons. The molecule has 3 nitrogen and oxygen atoms in total. The van der Waals surface area contributed by atoms with E-state index < -0.39 is 0 Å². The Morgan fingerprint density at radius 1 is 1.08 bits per heavy atom. The summed E-state index contributed by atoms with van der Waals surface area (Å²) in [6.07, 6.45) is 2.62. The van der Waals surface area contributed by atoms with Crippen LogP contribution in [0.5, 0.6) is 0 Å². The second-order valence-electron chi connectivity index (χ2n) is 6.41. The van der Waals surface area contributed by atoms with Crippen molar-refractivity contribution >= 4 is 17.6 Å². The summed E-state index contributed by atoms with van der Waals surface area (Å²) >= 11 is 1.80. The highest BCUT2D eigenvalue weighted by molar-refractivity contribution is 8.00. The zero-order chi connectivity index (χ0) is 17.2. The molecule has 2 heterocycles. The molecule has 0 saturated heterocycles. The lowest BCUT2D eigenvalue weighted by atomic mass is 9.96. The highest BCUT2D eigenvalue weighted by atomic mass is 32.2. The van der Waals surface area contributed by atoms with Gasteiger partial charge in [-0.15, -0.1) is 0 Å². The molecular formula is C21H22N2OS. The normalized spacial score (nSPS) is 16.2. The van der Waals surface area contributed by atoms with Crippen molar-refractivity contribution in [2.45, 2.75) is 24.3 Å². The molecule has 128 valence electrons. The van der Waals surface area contributed by atoms with Gasteiger partial charge in [0, 0.05) is 24.9 Å². The number of rotatable bonds is 4. The van der Waals surface area contributed by atoms with Crippen molar-refractivity contribution in [3.8, 4) is 0 Å². The molecule has 0 spiro atoms. The molecule has 25 heavy (non-hydrogen) atoms. The average molecular weight is 350 g/mol. The lowest BCUT2D eigenvalue weighted by Crippen LogP contribution is -2.25. The fraction of sp³-hybridized carbons (Fsp3) is 0.238. The minimum absolute atomic E-state index is 0.180. The Balaban J connectivity index is 1.69. The van der Waals surface area contributed by atoms with Gasteiger partial charge in [-0.1, -0.05) is 30.3 Å². The summed E-state index contributed by atoms with van der Waals surface area (Å²) in [4.78, 5) is 1.31. The number of hydrogen-bond donors (Lipinski definition) is 1. The highest BCUT2D eigenvalue weighted by Gasteiger charge is 2.26. The average Bonchev–Trinajstić information content (AvgIpc) is 3.09. The quantitative estimate of drug-likeness (QED) is 0.673. The van der Waals surface area contributed by atoms with Gasteiger partial charge in [-0.2, -0.15) is 0 Å². The van der Waals surface area contributed by atoms with Gasteiger partial charge in [-0.3, -0.25) is 0 Å². The van der Waals surface area contributed by atoms with E-state index in [4.69, 9.17) is 4.42 Å². The van der Waals surface area contributed by atoms with Crippen molar-refractivity contribution in [3.05, 3.63) is 83.3 Å². The van der Waals surface area contributed by atoms with Crippen molar-refractivity contribution in [1.82, 2.24) is 5.32 Å². The Kier molecular flexibility index (Phi) is 4.55. The molecule has 1 unspecified atom stereocenters. The van der Waals surface area contributed by atoms with Gasteiger partial charge in [-0.05, 0) is 59.8 Å². The molecule has 0 aliphatic carbocycles. The first kappa shape index (κ1) is 16.3. The molecule has 1 aliphatic rings. The van der Waals surface area contributed by atoms with E-state index in [1.54, 1.807) is 18.2 Å². The molecule has 2 aromatic carbocycles. The van der Waals surface area contributed by atoms with E-state index in [0.717, 1.165) is 18.7 Å². The molecule has 0 bridgehead atoms. The Morgan fingerprint density at radius 2 is 1.96 bits per heavy atom. The third-order valence-electron chi connectivity index (χ3n) is 4.60. The summed E-state index contributed by atoms with van der Waals surface area (Å²) in [5.74, 6) is 1.02. The number of nitrogens with zero attached hydrogens (tertiary/aromatic N) is 1.